The molecule has 0 saturated heterocycles. The lowest BCUT2D eigenvalue weighted by atomic mass is 10.2. The summed E-state index contributed by atoms with van der Waals surface area (Å²) in [6.45, 7) is 0.383. The van der Waals surface area contributed by atoms with E-state index in [9.17, 15) is 9.59 Å². The summed E-state index contributed by atoms with van der Waals surface area (Å²) in [5.74, 6) is -0.152. The molecular formula is C14H13BrN2O2. The Labute approximate surface area is 119 Å². The number of pyridine rings is 1. The van der Waals surface area contributed by atoms with E-state index in [0.717, 1.165) is 10.0 Å². The summed E-state index contributed by atoms with van der Waals surface area (Å²) in [7, 11) is 1.68. The van der Waals surface area contributed by atoms with Crippen molar-refractivity contribution in [1.29, 1.82) is 0 Å². The molecule has 0 aliphatic carbocycles. The number of hydrogen-bond donors (Lipinski definition) is 1. The molecule has 0 fully saturated rings. The van der Waals surface area contributed by atoms with Crippen LogP contribution >= 0.6 is 15.9 Å². The van der Waals surface area contributed by atoms with Gasteiger partial charge < -0.3 is 9.88 Å². The van der Waals surface area contributed by atoms with Crippen LogP contribution in [0.5, 0.6) is 0 Å². The van der Waals surface area contributed by atoms with Crippen LogP contribution in [0.1, 0.15) is 15.9 Å². The Morgan fingerprint density at radius 2 is 2.00 bits per heavy atom. The predicted molar refractivity (Wildman–Crippen MR) is 77.0 cm³/mol. The molecular weight excluding hydrogens is 308 g/mol. The standard InChI is InChI=1S/C14H13BrN2O2/c1-17-9-10(6-7-13(17)18)8-16-14(19)11-4-2-3-5-12(11)15/h2-7,9H,8H2,1H3,(H,16,19). The molecule has 0 spiro atoms. The van der Waals surface area contributed by atoms with Crippen LogP contribution < -0.4 is 10.9 Å². The third kappa shape index (κ3) is 3.32. The summed E-state index contributed by atoms with van der Waals surface area (Å²) in [6.07, 6.45) is 1.71. The lowest BCUT2D eigenvalue weighted by Gasteiger charge is -2.07. The number of benzene rings is 1. The third-order valence-corrected chi connectivity index (χ3v) is 3.41. The van der Waals surface area contributed by atoms with Gasteiger partial charge in [-0.3, -0.25) is 9.59 Å². The highest BCUT2D eigenvalue weighted by Crippen LogP contribution is 2.15. The molecule has 0 radical (unpaired) electrons. The summed E-state index contributed by atoms with van der Waals surface area (Å²) in [4.78, 5) is 23.2. The molecule has 1 amide bonds. The quantitative estimate of drug-likeness (QED) is 0.941. The first-order valence-corrected chi connectivity index (χ1v) is 6.55. The van der Waals surface area contributed by atoms with E-state index in [-0.39, 0.29) is 11.5 Å². The maximum absolute atomic E-state index is 12.0. The lowest BCUT2D eigenvalue weighted by Crippen LogP contribution is -2.24. The van der Waals surface area contributed by atoms with Crippen LogP contribution in [0.2, 0.25) is 0 Å². The Kier molecular flexibility index (Phi) is 4.16. The molecule has 98 valence electrons. The third-order valence-electron chi connectivity index (χ3n) is 2.72. The number of hydrogen-bond acceptors (Lipinski definition) is 2. The topological polar surface area (TPSA) is 51.1 Å². The smallest absolute Gasteiger partial charge is 0.252 e. The van der Waals surface area contributed by atoms with Gasteiger partial charge in [0.2, 0.25) is 5.56 Å². The second kappa shape index (κ2) is 5.84. The summed E-state index contributed by atoms with van der Waals surface area (Å²) < 4.78 is 2.24. The molecule has 4 nitrogen and oxygen atoms in total. The first kappa shape index (κ1) is 13.5. The summed E-state index contributed by atoms with van der Waals surface area (Å²) in [6, 6.07) is 10.4. The van der Waals surface area contributed by atoms with Crippen LogP contribution in [0.4, 0.5) is 0 Å². The number of nitrogens with one attached hydrogen (secondary N) is 1. The first-order valence-electron chi connectivity index (χ1n) is 5.76. The molecule has 1 aromatic carbocycles. The molecule has 2 rings (SSSR count). The minimum absolute atomic E-state index is 0.0686. The normalized spacial score (nSPS) is 10.2. The molecule has 1 heterocycles. The van der Waals surface area contributed by atoms with E-state index >= 15 is 0 Å². The molecule has 0 aliphatic heterocycles. The van der Waals surface area contributed by atoms with Gasteiger partial charge in [-0.2, -0.15) is 0 Å². The molecule has 19 heavy (non-hydrogen) atoms. The lowest BCUT2D eigenvalue weighted by molar-refractivity contribution is 0.0950. The van der Waals surface area contributed by atoms with Gasteiger partial charge in [0.1, 0.15) is 0 Å². The fourth-order valence-corrected chi connectivity index (χ4v) is 2.14. The molecule has 2 aromatic rings. The van der Waals surface area contributed by atoms with Crippen LogP contribution in [-0.4, -0.2) is 10.5 Å². The second-order valence-electron chi connectivity index (χ2n) is 4.15. The fraction of sp³-hybridized carbons (Fsp3) is 0.143. The molecule has 1 aromatic heterocycles. The van der Waals surface area contributed by atoms with E-state index in [4.69, 9.17) is 0 Å². The van der Waals surface area contributed by atoms with Gasteiger partial charge in [0.05, 0.1) is 5.56 Å². The Balaban J connectivity index is 2.06. The Morgan fingerprint density at radius 3 is 2.68 bits per heavy atom. The number of aromatic nitrogens is 1. The van der Waals surface area contributed by atoms with Crippen LogP contribution in [0.25, 0.3) is 0 Å². The average molecular weight is 321 g/mol. The summed E-state index contributed by atoms with van der Waals surface area (Å²) in [5, 5.41) is 2.82. The maximum Gasteiger partial charge on any atom is 0.252 e. The van der Waals surface area contributed by atoms with Gasteiger partial charge >= 0.3 is 0 Å². The van der Waals surface area contributed by atoms with Crippen LogP contribution in [0.3, 0.4) is 0 Å². The number of carbonyl (C=O) groups excluding carboxylic acids is 1. The van der Waals surface area contributed by atoms with Gasteiger partial charge in [0, 0.05) is 30.3 Å². The zero-order valence-corrected chi connectivity index (χ0v) is 12.0. The highest BCUT2D eigenvalue weighted by atomic mass is 79.9. The van der Waals surface area contributed by atoms with Crippen molar-refractivity contribution < 1.29 is 4.79 Å². The van der Waals surface area contributed by atoms with Gasteiger partial charge in [0.15, 0.2) is 0 Å². The van der Waals surface area contributed by atoms with Crippen molar-refractivity contribution in [3.8, 4) is 0 Å². The van der Waals surface area contributed by atoms with Crippen molar-refractivity contribution in [2.45, 2.75) is 6.54 Å². The zero-order valence-electron chi connectivity index (χ0n) is 10.4. The van der Waals surface area contributed by atoms with Gasteiger partial charge in [-0.25, -0.2) is 0 Å². The fourth-order valence-electron chi connectivity index (χ4n) is 1.68. The average Bonchev–Trinajstić information content (AvgIpc) is 2.40. The van der Waals surface area contributed by atoms with E-state index in [2.05, 4.69) is 21.2 Å². The SMILES string of the molecule is Cn1cc(CNC(=O)c2ccccc2Br)ccc1=O. The van der Waals surface area contributed by atoms with E-state index in [1.165, 1.54) is 10.6 Å². The summed E-state index contributed by atoms with van der Waals surface area (Å²) in [5.41, 5.74) is 1.40. The van der Waals surface area contributed by atoms with Gasteiger partial charge in [0.25, 0.3) is 5.91 Å². The first-order chi connectivity index (χ1) is 9.08. The minimum atomic E-state index is -0.152. The van der Waals surface area contributed by atoms with E-state index in [0.29, 0.717) is 12.1 Å². The number of halogens is 1. The number of rotatable bonds is 3. The van der Waals surface area contributed by atoms with Crippen molar-refractivity contribution in [2.75, 3.05) is 0 Å². The Bertz CT molecular complexity index is 664. The molecule has 5 heteroatoms. The molecule has 0 bridgehead atoms. The highest BCUT2D eigenvalue weighted by molar-refractivity contribution is 9.10. The highest BCUT2D eigenvalue weighted by Gasteiger charge is 2.08. The Hall–Kier alpha value is -1.88. The maximum atomic E-state index is 12.0. The van der Waals surface area contributed by atoms with Gasteiger partial charge in [-0.05, 0) is 33.6 Å². The predicted octanol–water partition coefficient (Wildman–Crippen LogP) is 2.08. The van der Waals surface area contributed by atoms with Crippen molar-refractivity contribution in [2.24, 2.45) is 7.05 Å². The molecule has 0 aliphatic rings. The summed E-state index contributed by atoms with van der Waals surface area (Å²) >= 11 is 3.34. The van der Waals surface area contributed by atoms with Crippen molar-refractivity contribution in [3.05, 3.63) is 68.5 Å². The van der Waals surface area contributed by atoms with Crippen LogP contribution in [0, 0.1) is 0 Å². The van der Waals surface area contributed by atoms with E-state index in [1.807, 2.05) is 18.2 Å². The van der Waals surface area contributed by atoms with Crippen LogP contribution in [-0.2, 0) is 13.6 Å². The van der Waals surface area contributed by atoms with E-state index < -0.39 is 0 Å². The number of aryl methyl sites for hydroxylation is 1. The van der Waals surface area contributed by atoms with Gasteiger partial charge in [-0.1, -0.05) is 18.2 Å². The van der Waals surface area contributed by atoms with Gasteiger partial charge in [-0.15, -0.1) is 0 Å². The second-order valence-corrected chi connectivity index (χ2v) is 5.00. The number of nitrogens with zero attached hydrogens (tertiary/aromatic N) is 1. The van der Waals surface area contributed by atoms with Crippen LogP contribution in [0.15, 0.2) is 51.9 Å². The van der Waals surface area contributed by atoms with Crippen molar-refractivity contribution in [1.82, 2.24) is 9.88 Å². The van der Waals surface area contributed by atoms with Crippen molar-refractivity contribution >= 4 is 21.8 Å². The monoisotopic (exact) mass is 320 g/mol. The molecule has 0 unspecified atom stereocenters. The van der Waals surface area contributed by atoms with Crippen molar-refractivity contribution in [3.63, 3.8) is 0 Å². The molecule has 0 saturated carbocycles. The number of carbonyl (C=O) groups is 1. The zero-order chi connectivity index (χ0) is 13.8. The minimum Gasteiger partial charge on any atom is -0.348 e. The molecule has 0 atom stereocenters. The largest absolute Gasteiger partial charge is 0.348 e. The molecule has 1 N–H and O–H groups in total. The van der Waals surface area contributed by atoms with E-state index in [1.54, 1.807) is 25.4 Å². The Morgan fingerprint density at radius 1 is 1.26 bits per heavy atom. The number of amides is 1.